The molecular formula is C22H16N2O3. The van der Waals surface area contributed by atoms with E-state index in [0.717, 1.165) is 22.2 Å². The highest BCUT2D eigenvalue weighted by Crippen LogP contribution is 2.25. The Morgan fingerprint density at radius 2 is 1.78 bits per heavy atom. The van der Waals surface area contributed by atoms with Crippen molar-refractivity contribution in [3.05, 3.63) is 93.9 Å². The molecule has 0 saturated heterocycles. The molecule has 0 fully saturated rings. The van der Waals surface area contributed by atoms with Crippen molar-refractivity contribution < 1.29 is 9.34 Å². The number of nitrogens with zero attached hydrogens (tertiary/aromatic N) is 2. The monoisotopic (exact) mass is 356 g/mol. The topological polar surface area (TPSA) is 69.2 Å². The minimum atomic E-state index is -0.419. The van der Waals surface area contributed by atoms with Crippen LogP contribution in [0.3, 0.4) is 0 Å². The van der Waals surface area contributed by atoms with Crippen LogP contribution in [0.4, 0.5) is 5.69 Å². The van der Waals surface area contributed by atoms with E-state index in [1.54, 1.807) is 12.1 Å². The smallest absolute Gasteiger partial charge is 0.269 e. The van der Waals surface area contributed by atoms with Gasteiger partial charge in [-0.2, -0.15) is 0 Å². The number of rotatable bonds is 4. The lowest BCUT2D eigenvalue weighted by Crippen LogP contribution is -1.86. The third kappa shape index (κ3) is 3.62. The summed E-state index contributed by atoms with van der Waals surface area (Å²) in [5, 5.41) is 11.9. The average molecular weight is 356 g/mol. The number of hydrogen-bond acceptors (Lipinski definition) is 4. The van der Waals surface area contributed by atoms with E-state index in [0.29, 0.717) is 11.5 Å². The maximum Gasteiger partial charge on any atom is 0.269 e. The third-order valence-electron chi connectivity index (χ3n) is 4.27. The summed E-state index contributed by atoms with van der Waals surface area (Å²) in [5.41, 5.74) is 3.86. The largest absolute Gasteiger partial charge is 0.457 e. The van der Waals surface area contributed by atoms with Crippen molar-refractivity contribution in [1.29, 1.82) is 0 Å². The molecule has 132 valence electrons. The van der Waals surface area contributed by atoms with E-state index in [1.807, 2.05) is 42.5 Å². The standard InChI is InChI=1S/C22H16N2O3/c1-15-2-12-21-17(14-15)3-6-18(23-21)7-10-20-11-13-22(27-20)16-4-8-19(9-5-16)24(25)26/h2-14H,1H3/b10-7+. The van der Waals surface area contributed by atoms with Gasteiger partial charge >= 0.3 is 0 Å². The molecule has 0 aliphatic rings. The fourth-order valence-corrected chi connectivity index (χ4v) is 2.87. The van der Waals surface area contributed by atoms with E-state index in [-0.39, 0.29) is 5.69 Å². The molecule has 0 spiro atoms. The number of furan rings is 1. The Bertz CT molecular complexity index is 1160. The number of pyridine rings is 1. The number of aryl methyl sites for hydroxylation is 1. The summed E-state index contributed by atoms with van der Waals surface area (Å²) < 4.78 is 5.81. The lowest BCUT2D eigenvalue weighted by atomic mass is 10.1. The molecule has 4 rings (SSSR count). The van der Waals surface area contributed by atoms with Crippen molar-refractivity contribution >= 4 is 28.7 Å². The van der Waals surface area contributed by atoms with Crippen molar-refractivity contribution in [3.8, 4) is 11.3 Å². The van der Waals surface area contributed by atoms with Crippen LogP contribution in [0.1, 0.15) is 17.0 Å². The van der Waals surface area contributed by atoms with Crippen LogP contribution in [0, 0.1) is 17.0 Å². The van der Waals surface area contributed by atoms with Crippen molar-refractivity contribution in [1.82, 2.24) is 4.98 Å². The maximum atomic E-state index is 10.7. The van der Waals surface area contributed by atoms with Crippen LogP contribution in [0.15, 0.2) is 71.1 Å². The van der Waals surface area contributed by atoms with Crippen molar-refractivity contribution in [3.63, 3.8) is 0 Å². The normalized spacial score (nSPS) is 11.3. The second-order valence-corrected chi connectivity index (χ2v) is 6.27. The summed E-state index contributed by atoms with van der Waals surface area (Å²) in [6.45, 7) is 2.06. The van der Waals surface area contributed by atoms with Gasteiger partial charge in [0, 0.05) is 23.1 Å². The molecule has 0 atom stereocenters. The first-order valence-electron chi connectivity index (χ1n) is 8.49. The van der Waals surface area contributed by atoms with Gasteiger partial charge in [0.2, 0.25) is 0 Å². The second-order valence-electron chi connectivity index (χ2n) is 6.27. The molecule has 0 aliphatic carbocycles. The molecule has 0 aliphatic heterocycles. The fourth-order valence-electron chi connectivity index (χ4n) is 2.87. The Morgan fingerprint density at radius 3 is 2.56 bits per heavy atom. The first-order chi connectivity index (χ1) is 13.1. The molecule has 0 unspecified atom stereocenters. The molecule has 2 aromatic heterocycles. The highest BCUT2D eigenvalue weighted by atomic mass is 16.6. The summed E-state index contributed by atoms with van der Waals surface area (Å²) in [7, 11) is 0. The molecule has 0 N–H and O–H groups in total. The Morgan fingerprint density at radius 1 is 0.963 bits per heavy atom. The molecule has 2 heterocycles. The summed E-state index contributed by atoms with van der Waals surface area (Å²) in [5.74, 6) is 1.35. The fraction of sp³-hybridized carbons (Fsp3) is 0.0455. The Hall–Kier alpha value is -3.73. The lowest BCUT2D eigenvalue weighted by molar-refractivity contribution is -0.384. The molecule has 0 saturated carbocycles. The van der Waals surface area contributed by atoms with Gasteiger partial charge in [-0.25, -0.2) is 4.98 Å². The number of benzene rings is 2. The van der Waals surface area contributed by atoms with Crippen LogP contribution in [-0.2, 0) is 0 Å². The zero-order valence-electron chi connectivity index (χ0n) is 14.6. The number of nitro groups is 1. The van der Waals surface area contributed by atoms with Crippen molar-refractivity contribution in [2.75, 3.05) is 0 Å². The zero-order chi connectivity index (χ0) is 18.8. The van der Waals surface area contributed by atoms with E-state index in [9.17, 15) is 10.1 Å². The third-order valence-corrected chi connectivity index (χ3v) is 4.27. The van der Waals surface area contributed by atoms with Gasteiger partial charge in [-0.15, -0.1) is 0 Å². The molecular weight excluding hydrogens is 340 g/mol. The maximum absolute atomic E-state index is 10.7. The number of fused-ring (bicyclic) bond motifs is 1. The van der Waals surface area contributed by atoms with E-state index in [2.05, 4.69) is 24.0 Å². The van der Waals surface area contributed by atoms with E-state index < -0.39 is 4.92 Å². The molecule has 27 heavy (non-hydrogen) atoms. The first kappa shape index (κ1) is 16.7. The summed E-state index contributed by atoms with van der Waals surface area (Å²) in [6, 6.07) is 20.2. The van der Waals surface area contributed by atoms with E-state index in [4.69, 9.17) is 4.42 Å². The minimum absolute atomic E-state index is 0.0583. The van der Waals surface area contributed by atoms with Crippen LogP contribution < -0.4 is 0 Å². The number of hydrogen-bond donors (Lipinski definition) is 0. The Kier molecular flexibility index (Phi) is 4.26. The Labute approximate surface area is 155 Å². The van der Waals surface area contributed by atoms with Crippen molar-refractivity contribution in [2.24, 2.45) is 0 Å². The van der Waals surface area contributed by atoms with Gasteiger partial charge in [0.25, 0.3) is 5.69 Å². The van der Waals surface area contributed by atoms with Gasteiger partial charge < -0.3 is 4.42 Å². The van der Waals surface area contributed by atoms with Gasteiger partial charge in [0.1, 0.15) is 11.5 Å². The summed E-state index contributed by atoms with van der Waals surface area (Å²) >= 11 is 0. The van der Waals surface area contributed by atoms with Crippen LogP contribution in [0.5, 0.6) is 0 Å². The molecule has 0 radical (unpaired) electrons. The Balaban J connectivity index is 1.55. The van der Waals surface area contributed by atoms with Crippen LogP contribution in [0.25, 0.3) is 34.4 Å². The lowest BCUT2D eigenvalue weighted by Gasteiger charge is -2.00. The second kappa shape index (κ2) is 6.88. The SMILES string of the molecule is Cc1ccc2nc(/C=C/c3ccc(-c4ccc([N+](=O)[O-])cc4)o3)ccc2c1. The molecule has 0 amide bonds. The highest BCUT2D eigenvalue weighted by Gasteiger charge is 2.07. The summed E-state index contributed by atoms with van der Waals surface area (Å²) in [6.07, 6.45) is 3.76. The molecule has 2 aromatic carbocycles. The highest BCUT2D eigenvalue weighted by molar-refractivity contribution is 5.81. The van der Waals surface area contributed by atoms with Gasteiger partial charge in [-0.3, -0.25) is 10.1 Å². The first-order valence-corrected chi connectivity index (χ1v) is 8.49. The van der Waals surface area contributed by atoms with Crippen LogP contribution in [0.2, 0.25) is 0 Å². The number of nitro benzene ring substituents is 1. The van der Waals surface area contributed by atoms with Gasteiger partial charge in [-0.05, 0) is 61.5 Å². The summed E-state index contributed by atoms with van der Waals surface area (Å²) in [4.78, 5) is 14.9. The molecule has 5 nitrogen and oxygen atoms in total. The van der Waals surface area contributed by atoms with Gasteiger partial charge in [-0.1, -0.05) is 17.7 Å². The average Bonchev–Trinajstić information content (AvgIpc) is 3.15. The van der Waals surface area contributed by atoms with Gasteiger partial charge in [0.15, 0.2) is 0 Å². The number of aromatic nitrogens is 1. The van der Waals surface area contributed by atoms with Crippen LogP contribution in [-0.4, -0.2) is 9.91 Å². The van der Waals surface area contributed by atoms with Gasteiger partial charge in [0.05, 0.1) is 16.1 Å². The zero-order valence-corrected chi connectivity index (χ0v) is 14.6. The number of non-ortho nitro benzene ring substituents is 1. The molecule has 4 aromatic rings. The molecule has 0 bridgehead atoms. The quantitative estimate of drug-likeness (QED) is 0.338. The van der Waals surface area contributed by atoms with Crippen LogP contribution >= 0.6 is 0 Å². The predicted molar refractivity (Wildman–Crippen MR) is 106 cm³/mol. The molecule has 5 heteroatoms. The predicted octanol–water partition coefficient (Wildman–Crippen LogP) is 5.88. The van der Waals surface area contributed by atoms with Crippen molar-refractivity contribution in [2.45, 2.75) is 6.92 Å². The van der Waals surface area contributed by atoms with E-state index >= 15 is 0 Å². The minimum Gasteiger partial charge on any atom is -0.457 e. The van der Waals surface area contributed by atoms with E-state index in [1.165, 1.54) is 17.7 Å².